The third-order valence-corrected chi connectivity index (χ3v) is 3.50. The first-order valence-corrected chi connectivity index (χ1v) is 6.86. The standard InChI is InChI=1S/C15H20O5/c1-15(2)19-12-11(16)9-18-14(13(12)20-15)17-8-10-6-4-3-5-7-10/h3-7,11-14,16H,8-9H2,1-2H3/t11-,12?,13?,14+/m0/s1. The van der Waals surface area contributed by atoms with E-state index in [1.165, 1.54) is 0 Å². The Labute approximate surface area is 118 Å². The largest absolute Gasteiger partial charge is 0.388 e. The van der Waals surface area contributed by atoms with Gasteiger partial charge in [-0.05, 0) is 19.4 Å². The summed E-state index contributed by atoms with van der Waals surface area (Å²) in [5.41, 5.74) is 1.07. The van der Waals surface area contributed by atoms with E-state index in [0.717, 1.165) is 5.56 Å². The Morgan fingerprint density at radius 2 is 1.90 bits per heavy atom. The lowest BCUT2D eigenvalue weighted by atomic mass is 10.1. The highest BCUT2D eigenvalue weighted by Crippen LogP contribution is 2.35. The number of hydrogen-bond acceptors (Lipinski definition) is 5. The van der Waals surface area contributed by atoms with E-state index in [0.29, 0.717) is 6.61 Å². The van der Waals surface area contributed by atoms with Crippen LogP contribution in [0, 0.1) is 0 Å². The third-order valence-electron chi connectivity index (χ3n) is 3.50. The van der Waals surface area contributed by atoms with Gasteiger partial charge in [0.15, 0.2) is 12.1 Å². The van der Waals surface area contributed by atoms with Crippen LogP contribution in [0.15, 0.2) is 30.3 Å². The van der Waals surface area contributed by atoms with Gasteiger partial charge in [-0.15, -0.1) is 0 Å². The van der Waals surface area contributed by atoms with Gasteiger partial charge in [-0.3, -0.25) is 0 Å². The van der Waals surface area contributed by atoms with E-state index >= 15 is 0 Å². The molecule has 0 saturated carbocycles. The van der Waals surface area contributed by atoms with Crippen LogP contribution in [0.3, 0.4) is 0 Å². The maximum Gasteiger partial charge on any atom is 0.187 e. The molecule has 2 heterocycles. The fraction of sp³-hybridized carbons (Fsp3) is 0.600. The maximum atomic E-state index is 9.93. The highest BCUT2D eigenvalue weighted by atomic mass is 16.8. The van der Waals surface area contributed by atoms with Crippen molar-refractivity contribution in [2.24, 2.45) is 0 Å². The lowest BCUT2D eigenvalue weighted by Gasteiger charge is -2.34. The van der Waals surface area contributed by atoms with Gasteiger partial charge in [0.25, 0.3) is 0 Å². The summed E-state index contributed by atoms with van der Waals surface area (Å²) in [6.45, 7) is 4.28. The summed E-state index contributed by atoms with van der Waals surface area (Å²) in [4.78, 5) is 0. The van der Waals surface area contributed by atoms with E-state index in [1.807, 2.05) is 44.2 Å². The zero-order chi connectivity index (χ0) is 14.2. The second kappa shape index (κ2) is 5.42. The minimum atomic E-state index is -0.724. The average molecular weight is 280 g/mol. The summed E-state index contributed by atoms with van der Waals surface area (Å²) in [7, 11) is 0. The first-order valence-electron chi connectivity index (χ1n) is 6.86. The van der Waals surface area contributed by atoms with Gasteiger partial charge < -0.3 is 24.1 Å². The SMILES string of the molecule is CC1(C)OC2C(O1)[C@@H](O)CO[C@H]2OCc1ccccc1. The van der Waals surface area contributed by atoms with Crippen LogP contribution in [-0.2, 0) is 25.6 Å². The Bertz CT molecular complexity index is 447. The second-order valence-corrected chi connectivity index (χ2v) is 5.63. The normalized spacial score (nSPS) is 35.8. The molecular formula is C15H20O5. The molecule has 110 valence electrons. The monoisotopic (exact) mass is 280 g/mol. The Balaban J connectivity index is 1.65. The molecule has 5 heteroatoms. The second-order valence-electron chi connectivity index (χ2n) is 5.63. The van der Waals surface area contributed by atoms with Crippen LogP contribution >= 0.6 is 0 Å². The van der Waals surface area contributed by atoms with E-state index in [1.54, 1.807) is 0 Å². The van der Waals surface area contributed by atoms with Gasteiger partial charge in [-0.25, -0.2) is 0 Å². The predicted octanol–water partition coefficient (Wildman–Crippen LogP) is 1.44. The van der Waals surface area contributed by atoms with E-state index in [2.05, 4.69) is 0 Å². The molecular weight excluding hydrogens is 260 g/mol. The van der Waals surface area contributed by atoms with E-state index < -0.39 is 30.4 Å². The summed E-state index contributed by atoms with van der Waals surface area (Å²) in [6.07, 6.45) is -2.01. The molecule has 2 fully saturated rings. The van der Waals surface area contributed by atoms with Gasteiger partial charge in [-0.2, -0.15) is 0 Å². The molecule has 2 saturated heterocycles. The van der Waals surface area contributed by atoms with E-state index in [-0.39, 0.29) is 6.61 Å². The molecule has 1 aromatic carbocycles. The van der Waals surface area contributed by atoms with Crippen molar-refractivity contribution < 1.29 is 24.1 Å². The summed E-state index contributed by atoms with van der Waals surface area (Å²) in [5, 5.41) is 9.93. The van der Waals surface area contributed by atoms with Gasteiger partial charge >= 0.3 is 0 Å². The lowest BCUT2D eigenvalue weighted by molar-refractivity contribution is -0.251. The zero-order valence-electron chi connectivity index (χ0n) is 11.7. The molecule has 5 nitrogen and oxygen atoms in total. The van der Waals surface area contributed by atoms with E-state index in [4.69, 9.17) is 18.9 Å². The smallest absolute Gasteiger partial charge is 0.187 e. The van der Waals surface area contributed by atoms with Crippen molar-refractivity contribution >= 4 is 0 Å². The maximum absolute atomic E-state index is 9.93. The molecule has 3 rings (SSSR count). The summed E-state index contributed by atoms with van der Waals surface area (Å²) in [5.74, 6) is -0.724. The fourth-order valence-electron chi connectivity index (χ4n) is 2.60. The van der Waals surface area contributed by atoms with Crippen LogP contribution in [0.25, 0.3) is 0 Å². The van der Waals surface area contributed by atoms with Crippen LogP contribution in [0.2, 0.25) is 0 Å². The predicted molar refractivity (Wildman–Crippen MR) is 70.8 cm³/mol. The van der Waals surface area contributed by atoms with Gasteiger partial charge in [0, 0.05) is 0 Å². The molecule has 0 aliphatic carbocycles. The Kier molecular flexibility index (Phi) is 3.79. The van der Waals surface area contributed by atoms with Crippen LogP contribution in [0.4, 0.5) is 0 Å². The van der Waals surface area contributed by atoms with Crippen molar-refractivity contribution in [2.75, 3.05) is 6.61 Å². The number of benzene rings is 1. The molecule has 2 aliphatic rings. The van der Waals surface area contributed by atoms with Gasteiger partial charge in [0.2, 0.25) is 0 Å². The van der Waals surface area contributed by atoms with Crippen LogP contribution in [0.1, 0.15) is 19.4 Å². The number of rotatable bonds is 3. The molecule has 4 atom stereocenters. The number of hydrogen-bond donors (Lipinski definition) is 1. The quantitative estimate of drug-likeness (QED) is 0.908. The summed E-state index contributed by atoms with van der Waals surface area (Å²) in [6, 6.07) is 9.87. The lowest BCUT2D eigenvalue weighted by Crippen LogP contribution is -2.52. The van der Waals surface area contributed by atoms with Crippen molar-refractivity contribution in [3.63, 3.8) is 0 Å². The average Bonchev–Trinajstić information content (AvgIpc) is 2.76. The fourth-order valence-corrected chi connectivity index (χ4v) is 2.60. The number of aliphatic hydroxyl groups excluding tert-OH is 1. The minimum absolute atomic E-state index is 0.195. The van der Waals surface area contributed by atoms with Crippen molar-refractivity contribution in [2.45, 2.75) is 50.8 Å². The molecule has 1 aromatic rings. The van der Waals surface area contributed by atoms with Crippen molar-refractivity contribution in [3.05, 3.63) is 35.9 Å². The topological polar surface area (TPSA) is 57.2 Å². The van der Waals surface area contributed by atoms with Crippen molar-refractivity contribution in [3.8, 4) is 0 Å². The summed E-state index contributed by atoms with van der Waals surface area (Å²) >= 11 is 0. The molecule has 1 N–H and O–H groups in total. The Morgan fingerprint density at radius 1 is 1.20 bits per heavy atom. The van der Waals surface area contributed by atoms with Crippen LogP contribution in [-0.4, -0.2) is 42.1 Å². The number of fused-ring (bicyclic) bond motifs is 1. The van der Waals surface area contributed by atoms with Gasteiger partial charge in [-0.1, -0.05) is 30.3 Å². The highest BCUT2D eigenvalue weighted by molar-refractivity contribution is 5.13. The molecule has 20 heavy (non-hydrogen) atoms. The Morgan fingerprint density at radius 3 is 2.65 bits per heavy atom. The first-order chi connectivity index (χ1) is 9.55. The molecule has 0 amide bonds. The molecule has 0 radical (unpaired) electrons. The van der Waals surface area contributed by atoms with Gasteiger partial charge in [0.05, 0.1) is 13.2 Å². The number of aliphatic hydroxyl groups is 1. The van der Waals surface area contributed by atoms with Crippen LogP contribution in [0.5, 0.6) is 0 Å². The third kappa shape index (κ3) is 2.87. The molecule has 0 aromatic heterocycles. The first kappa shape index (κ1) is 14.0. The molecule has 0 bridgehead atoms. The van der Waals surface area contributed by atoms with E-state index in [9.17, 15) is 5.11 Å². The summed E-state index contributed by atoms with van der Waals surface area (Å²) < 4.78 is 22.8. The molecule has 2 unspecified atom stereocenters. The van der Waals surface area contributed by atoms with Crippen molar-refractivity contribution in [1.82, 2.24) is 0 Å². The highest BCUT2D eigenvalue weighted by Gasteiger charge is 2.52. The number of ether oxygens (including phenoxy) is 4. The molecule has 2 aliphatic heterocycles. The zero-order valence-corrected chi connectivity index (χ0v) is 11.7. The molecule has 0 spiro atoms. The Hall–Kier alpha value is -0.980. The van der Waals surface area contributed by atoms with Crippen LogP contribution < -0.4 is 0 Å². The minimum Gasteiger partial charge on any atom is -0.388 e. The van der Waals surface area contributed by atoms with Gasteiger partial charge in [0.1, 0.15) is 18.3 Å². The van der Waals surface area contributed by atoms with Crippen molar-refractivity contribution in [1.29, 1.82) is 0 Å².